The molecule has 0 unspecified atom stereocenters. The second-order valence-corrected chi connectivity index (χ2v) is 7.32. The lowest BCUT2D eigenvalue weighted by atomic mass is 9.99. The van der Waals surface area contributed by atoms with Crippen molar-refractivity contribution in [3.8, 4) is 11.3 Å². The molecule has 4 aromatic rings. The number of hydrogen-bond acceptors (Lipinski definition) is 3. The van der Waals surface area contributed by atoms with Crippen molar-refractivity contribution < 1.29 is 4.79 Å². The summed E-state index contributed by atoms with van der Waals surface area (Å²) in [5.41, 5.74) is 5.35. The first-order chi connectivity index (χ1) is 13.7. The molecular weight excluding hydrogens is 372 g/mol. The van der Waals surface area contributed by atoms with Gasteiger partial charge in [0.2, 0.25) is 0 Å². The topological polar surface area (TPSA) is 50.5 Å². The molecule has 0 saturated heterocycles. The number of fused-ring (bicyclic) bond motifs is 2. The van der Waals surface area contributed by atoms with Gasteiger partial charge in [0, 0.05) is 29.9 Å². The first-order valence-corrected chi connectivity index (χ1v) is 9.53. The molecule has 1 amide bonds. The van der Waals surface area contributed by atoms with Gasteiger partial charge in [0.25, 0.3) is 5.91 Å². The second-order valence-electron chi connectivity index (χ2n) is 6.88. The van der Waals surface area contributed by atoms with E-state index in [9.17, 15) is 4.79 Å². The molecule has 5 nitrogen and oxygen atoms in total. The first-order valence-electron chi connectivity index (χ1n) is 9.15. The summed E-state index contributed by atoms with van der Waals surface area (Å²) in [6.45, 7) is 1.31. The second kappa shape index (κ2) is 6.77. The van der Waals surface area contributed by atoms with Crippen molar-refractivity contribution in [2.45, 2.75) is 13.0 Å². The van der Waals surface area contributed by atoms with Gasteiger partial charge < -0.3 is 4.90 Å². The van der Waals surface area contributed by atoms with Crippen molar-refractivity contribution in [1.82, 2.24) is 19.5 Å². The summed E-state index contributed by atoms with van der Waals surface area (Å²) in [4.78, 5) is 19.5. The Labute approximate surface area is 167 Å². The molecule has 0 N–H and O–H groups in total. The predicted molar refractivity (Wildman–Crippen MR) is 108 cm³/mol. The predicted octanol–water partition coefficient (Wildman–Crippen LogP) is 4.25. The van der Waals surface area contributed by atoms with E-state index in [1.54, 1.807) is 16.9 Å². The molecule has 1 aliphatic heterocycles. The van der Waals surface area contributed by atoms with Gasteiger partial charge in [-0.25, -0.2) is 9.50 Å². The molecule has 6 heteroatoms. The molecule has 138 valence electrons. The van der Waals surface area contributed by atoms with Crippen LogP contribution < -0.4 is 0 Å². The zero-order chi connectivity index (χ0) is 19.1. The number of aromatic nitrogens is 3. The zero-order valence-electron chi connectivity index (χ0n) is 15.0. The van der Waals surface area contributed by atoms with Crippen LogP contribution in [0.4, 0.5) is 0 Å². The Kier molecular flexibility index (Phi) is 4.10. The van der Waals surface area contributed by atoms with Gasteiger partial charge in [-0.15, -0.1) is 0 Å². The molecule has 0 saturated carbocycles. The van der Waals surface area contributed by atoms with Crippen LogP contribution in [0.3, 0.4) is 0 Å². The molecule has 3 heterocycles. The Morgan fingerprint density at radius 1 is 1.04 bits per heavy atom. The van der Waals surface area contributed by atoms with Crippen molar-refractivity contribution in [2.24, 2.45) is 0 Å². The molecule has 2 aromatic heterocycles. The monoisotopic (exact) mass is 388 g/mol. The molecule has 0 atom stereocenters. The molecule has 0 fully saturated rings. The minimum Gasteiger partial charge on any atom is -0.334 e. The van der Waals surface area contributed by atoms with Gasteiger partial charge in [0.1, 0.15) is 5.56 Å². The summed E-state index contributed by atoms with van der Waals surface area (Å²) in [5.74, 6) is -0.0414. The molecule has 0 radical (unpaired) electrons. The molecule has 28 heavy (non-hydrogen) atoms. The zero-order valence-corrected chi connectivity index (χ0v) is 15.8. The van der Waals surface area contributed by atoms with Gasteiger partial charge in [0.15, 0.2) is 5.65 Å². The van der Waals surface area contributed by atoms with Crippen molar-refractivity contribution >= 4 is 23.2 Å². The van der Waals surface area contributed by atoms with Crippen LogP contribution in [0.2, 0.25) is 5.02 Å². The molecule has 5 rings (SSSR count). The number of hydrogen-bond donors (Lipinski definition) is 0. The normalized spacial score (nSPS) is 13.5. The van der Waals surface area contributed by atoms with E-state index in [-0.39, 0.29) is 5.91 Å². The van der Waals surface area contributed by atoms with Crippen molar-refractivity contribution in [1.29, 1.82) is 0 Å². The van der Waals surface area contributed by atoms with Crippen molar-refractivity contribution in [3.05, 3.63) is 88.7 Å². The number of carbonyl (C=O) groups excluding carboxylic acids is 1. The highest BCUT2D eigenvalue weighted by molar-refractivity contribution is 6.30. The molecule has 0 aliphatic carbocycles. The van der Waals surface area contributed by atoms with E-state index in [0.717, 1.165) is 17.7 Å². The van der Waals surface area contributed by atoms with Gasteiger partial charge in [-0.2, -0.15) is 5.10 Å². The Hall–Kier alpha value is -3.18. The summed E-state index contributed by atoms with van der Waals surface area (Å²) in [6, 6.07) is 17.7. The fourth-order valence-corrected chi connectivity index (χ4v) is 3.94. The summed E-state index contributed by atoms with van der Waals surface area (Å²) in [7, 11) is 0. The van der Waals surface area contributed by atoms with E-state index in [2.05, 4.69) is 22.2 Å². The third-order valence-electron chi connectivity index (χ3n) is 5.17. The summed E-state index contributed by atoms with van der Waals surface area (Å²) in [5, 5.41) is 5.10. The fraction of sp³-hybridized carbons (Fsp3) is 0.136. The maximum Gasteiger partial charge on any atom is 0.259 e. The van der Waals surface area contributed by atoms with Gasteiger partial charge in [-0.05, 0) is 35.7 Å². The SMILES string of the molecule is O=C(c1cnn2c(-c3cccc(Cl)c3)ccnc12)N1CCc2ccccc2C1. The third kappa shape index (κ3) is 2.84. The number of rotatable bonds is 2. The average Bonchev–Trinajstić information content (AvgIpc) is 3.17. The van der Waals surface area contributed by atoms with Crippen LogP contribution in [-0.2, 0) is 13.0 Å². The molecule has 0 bridgehead atoms. The van der Waals surface area contributed by atoms with Crippen molar-refractivity contribution in [3.63, 3.8) is 0 Å². The minimum atomic E-state index is -0.0414. The van der Waals surface area contributed by atoms with Gasteiger partial charge >= 0.3 is 0 Å². The maximum atomic E-state index is 13.2. The Morgan fingerprint density at radius 3 is 2.75 bits per heavy atom. The highest BCUT2D eigenvalue weighted by Crippen LogP contribution is 2.25. The number of amides is 1. The lowest BCUT2D eigenvalue weighted by Crippen LogP contribution is -2.35. The van der Waals surface area contributed by atoms with Crippen LogP contribution in [-0.4, -0.2) is 31.9 Å². The highest BCUT2D eigenvalue weighted by atomic mass is 35.5. The minimum absolute atomic E-state index is 0.0414. The fourth-order valence-electron chi connectivity index (χ4n) is 3.75. The number of carbonyl (C=O) groups is 1. The first kappa shape index (κ1) is 17.0. The number of benzene rings is 2. The summed E-state index contributed by atoms with van der Waals surface area (Å²) < 4.78 is 1.71. The average molecular weight is 389 g/mol. The lowest BCUT2D eigenvalue weighted by molar-refractivity contribution is 0.0736. The van der Waals surface area contributed by atoms with Gasteiger partial charge in [-0.3, -0.25) is 4.79 Å². The van der Waals surface area contributed by atoms with E-state index in [0.29, 0.717) is 29.3 Å². The van der Waals surface area contributed by atoms with Crippen LogP contribution in [0.25, 0.3) is 16.9 Å². The highest BCUT2D eigenvalue weighted by Gasteiger charge is 2.25. The van der Waals surface area contributed by atoms with Gasteiger partial charge in [-0.1, -0.05) is 48.0 Å². The van der Waals surface area contributed by atoms with E-state index in [1.807, 2.05) is 47.4 Å². The Balaban J connectivity index is 1.52. The van der Waals surface area contributed by atoms with E-state index in [1.165, 1.54) is 11.1 Å². The van der Waals surface area contributed by atoms with Crippen LogP contribution in [0.5, 0.6) is 0 Å². The quantitative estimate of drug-likeness (QED) is 0.516. The van der Waals surface area contributed by atoms with Crippen molar-refractivity contribution in [2.75, 3.05) is 6.54 Å². The lowest BCUT2D eigenvalue weighted by Gasteiger charge is -2.28. The maximum absolute atomic E-state index is 13.2. The van der Waals surface area contributed by atoms with Crippen LogP contribution in [0.15, 0.2) is 67.0 Å². The standard InChI is InChI=1S/C22H17ClN4O/c23-18-7-3-6-16(12-18)20-8-10-24-21-19(13-25-27(20)21)22(28)26-11-9-15-4-1-2-5-17(15)14-26/h1-8,10,12-13H,9,11,14H2. The smallest absolute Gasteiger partial charge is 0.259 e. The third-order valence-corrected chi connectivity index (χ3v) is 5.40. The molecule has 2 aromatic carbocycles. The Bertz CT molecular complexity index is 1200. The van der Waals surface area contributed by atoms with Crippen LogP contribution >= 0.6 is 11.6 Å². The largest absolute Gasteiger partial charge is 0.334 e. The molecule has 1 aliphatic rings. The summed E-state index contributed by atoms with van der Waals surface area (Å²) in [6.07, 6.45) is 4.18. The Morgan fingerprint density at radius 2 is 1.89 bits per heavy atom. The summed E-state index contributed by atoms with van der Waals surface area (Å²) >= 11 is 6.14. The number of nitrogens with zero attached hydrogens (tertiary/aromatic N) is 4. The van der Waals surface area contributed by atoms with Gasteiger partial charge in [0.05, 0.1) is 11.9 Å². The molecular formula is C22H17ClN4O. The molecule has 0 spiro atoms. The van der Waals surface area contributed by atoms with E-state index < -0.39 is 0 Å². The number of halogens is 1. The van der Waals surface area contributed by atoms with Crippen LogP contribution in [0, 0.1) is 0 Å². The van der Waals surface area contributed by atoms with Crippen LogP contribution in [0.1, 0.15) is 21.5 Å². The van der Waals surface area contributed by atoms with E-state index in [4.69, 9.17) is 11.6 Å². The van der Waals surface area contributed by atoms with E-state index >= 15 is 0 Å².